The molecule has 3 rings (SSSR count). The fraction of sp³-hybridized carbons (Fsp3) is 0.375. The normalized spacial score (nSPS) is 13.5. The van der Waals surface area contributed by atoms with Gasteiger partial charge in [-0.05, 0) is 19.1 Å². The van der Waals surface area contributed by atoms with Crippen molar-refractivity contribution in [3.8, 4) is 0 Å². The van der Waals surface area contributed by atoms with E-state index in [0.717, 1.165) is 21.8 Å². The summed E-state index contributed by atoms with van der Waals surface area (Å²) in [6.07, 6.45) is 0. The smallest absolute Gasteiger partial charge is 0.296 e. The van der Waals surface area contributed by atoms with E-state index >= 15 is 0 Å². The van der Waals surface area contributed by atoms with Gasteiger partial charge in [-0.2, -0.15) is 4.98 Å². The van der Waals surface area contributed by atoms with Gasteiger partial charge in [-0.3, -0.25) is 0 Å². The van der Waals surface area contributed by atoms with E-state index in [9.17, 15) is 0 Å². The highest BCUT2D eigenvalue weighted by atomic mass is 32.1. The van der Waals surface area contributed by atoms with Crippen LogP contribution in [-0.2, 0) is 5.41 Å². The van der Waals surface area contributed by atoms with E-state index in [4.69, 9.17) is 9.40 Å². The van der Waals surface area contributed by atoms with E-state index in [1.54, 1.807) is 11.3 Å². The molecular weight excluding hydrogens is 282 g/mol. The van der Waals surface area contributed by atoms with Crippen LogP contribution in [0.15, 0.2) is 34.1 Å². The van der Waals surface area contributed by atoms with Crippen LogP contribution < -0.4 is 5.32 Å². The molecule has 0 aliphatic heterocycles. The molecule has 0 aliphatic carbocycles. The van der Waals surface area contributed by atoms with Crippen molar-refractivity contribution in [3.63, 3.8) is 0 Å². The molecule has 1 aromatic carbocycles. The second kappa shape index (κ2) is 5.15. The van der Waals surface area contributed by atoms with E-state index in [2.05, 4.69) is 43.4 Å². The van der Waals surface area contributed by atoms with Crippen molar-refractivity contribution in [2.24, 2.45) is 0 Å². The van der Waals surface area contributed by atoms with Crippen molar-refractivity contribution in [1.82, 2.24) is 9.97 Å². The van der Waals surface area contributed by atoms with Crippen molar-refractivity contribution in [2.45, 2.75) is 39.2 Å². The van der Waals surface area contributed by atoms with E-state index in [1.807, 2.05) is 24.3 Å². The Hall–Kier alpha value is -1.88. The van der Waals surface area contributed by atoms with E-state index in [1.165, 1.54) is 0 Å². The van der Waals surface area contributed by atoms with Crippen LogP contribution in [0.5, 0.6) is 0 Å². The molecule has 5 heteroatoms. The van der Waals surface area contributed by atoms with Crippen LogP contribution in [0.4, 0.5) is 6.01 Å². The van der Waals surface area contributed by atoms with Gasteiger partial charge in [-0.15, -0.1) is 11.3 Å². The van der Waals surface area contributed by atoms with Gasteiger partial charge in [0.1, 0.15) is 10.5 Å². The minimum absolute atomic E-state index is 0.0687. The number of fused-ring (bicyclic) bond motifs is 1. The molecule has 110 valence electrons. The Bertz CT molecular complexity index is 721. The Balaban J connectivity index is 1.79. The molecule has 3 aromatic rings. The van der Waals surface area contributed by atoms with Gasteiger partial charge in [0.2, 0.25) is 0 Å². The quantitative estimate of drug-likeness (QED) is 0.758. The van der Waals surface area contributed by atoms with Crippen LogP contribution >= 0.6 is 11.3 Å². The SMILES string of the molecule is CC(Nc1nc2ccccc2o1)c1nc(C(C)(C)C)cs1. The van der Waals surface area contributed by atoms with Crippen molar-refractivity contribution in [2.75, 3.05) is 5.32 Å². The Labute approximate surface area is 128 Å². The topological polar surface area (TPSA) is 51.0 Å². The Morgan fingerprint density at radius 1 is 1.19 bits per heavy atom. The van der Waals surface area contributed by atoms with E-state index in [-0.39, 0.29) is 11.5 Å². The summed E-state index contributed by atoms with van der Waals surface area (Å²) in [7, 11) is 0. The molecule has 0 saturated carbocycles. The number of hydrogen-bond acceptors (Lipinski definition) is 5. The molecular formula is C16H19N3OS. The van der Waals surface area contributed by atoms with Crippen molar-refractivity contribution < 1.29 is 4.42 Å². The number of rotatable bonds is 3. The average molecular weight is 301 g/mol. The lowest BCUT2D eigenvalue weighted by Gasteiger charge is -2.15. The van der Waals surface area contributed by atoms with Gasteiger partial charge >= 0.3 is 0 Å². The lowest BCUT2D eigenvalue weighted by molar-refractivity contribution is 0.568. The van der Waals surface area contributed by atoms with Gasteiger partial charge in [0, 0.05) is 10.8 Å². The predicted octanol–water partition coefficient (Wildman–Crippen LogP) is 4.75. The Morgan fingerprint density at radius 2 is 1.95 bits per heavy atom. The predicted molar refractivity (Wildman–Crippen MR) is 86.9 cm³/mol. The summed E-state index contributed by atoms with van der Waals surface area (Å²) in [6.45, 7) is 8.58. The number of aromatic nitrogens is 2. The molecule has 1 atom stereocenters. The summed E-state index contributed by atoms with van der Waals surface area (Å²) >= 11 is 1.67. The third kappa shape index (κ3) is 2.93. The Morgan fingerprint density at radius 3 is 2.62 bits per heavy atom. The highest BCUT2D eigenvalue weighted by Crippen LogP contribution is 2.29. The monoisotopic (exact) mass is 301 g/mol. The van der Waals surface area contributed by atoms with Gasteiger partial charge in [0.15, 0.2) is 5.58 Å². The van der Waals surface area contributed by atoms with E-state index < -0.39 is 0 Å². The minimum Gasteiger partial charge on any atom is -0.424 e. The number of thiazole rings is 1. The zero-order chi connectivity index (χ0) is 15.0. The fourth-order valence-electron chi connectivity index (χ4n) is 2.01. The molecule has 0 amide bonds. The second-order valence-electron chi connectivity index (χ2n) is 6.17. The lowest BCUT2D eigenvalue weighted by Crippen LogP contribution is -2.13. The maximum Gasteiger partial charge on any atom is 0.296 e. The first-order valence-corrected chi connectivity index (χ1v) is 7.89. The summed E-state index contributed by atoms with van der Waals surface area (Å²) in [4.78, 5) is 9.15. The van der Waals surface area contributed by atoms with Gasteiger partial charge < -0.3 is 9.73 Å². The van der Waals surface area contributed by atoms with Crippen LogP contribution in [0.1, 0.15) is 44.4 Å². The summed E-state index contributed by atoms with van der Waals surface area (Å²) in [5, 5.41) is 6.45. The highest BCUT2D eigenvalue weighted by molar-refractivity contribution is 7.09. The standard InChI is InChI=1S/C16H19N3OS/c1-10(14-19-13(9-21-14)16(2,3)4)17-15-18-11-7-5-6-8-12(11)20-15/h5-10H,1-4H3,(H,17,18). The second-order valence-corrected chi connectivity index (χ2v) is 7.06. The first kappa shape index (κ1) is 14.1. The number of oxazole rings is 1. The Kier molecular flexibility index (Phi) is 3.45. The van der Waals surface area contributed by atoms with Gasteiger partial charge in [0.25, 0.3) is 6.01 Å². The van der Waals surface area contributed by atoms with Crippen LogP contribution in [0.2, 0.25) is 0 Å². The molecule has 0 bridgehead atoms. The average Bonchev–Trinajstić information content (AvgIpc) is 3.04. The molecule has 0 aliphatic rings. The number of nitrogens with one attached hydrogen (secondary N) is 1. The van der Waals surface area contributed by atoms with Crippen molar-refractivity contribution in [3.05, 3.63) is 40.3 Å². The summed E-state index contributed by atoms with van der Waals surface area (Å²) in [6, 6.07) is 8.36. The number of benzene rings is 1. The molecule has 1 unspecified atom stereocenters. The number of para-hydroxylation sites is 2. The van der Waals surface area contributed by atoms with Crippen LogP contribution in [-0.4, -0.2) is 9.97 Å². The molecule has 2 heterocycles. The molecule has 2 aromatic heterocycles. The molecule has 0 radical (unpaired) electrons. The zero-order valence-electron chi connectivity index (χ0n) is 12.7. The van der Waals surface area contributed by atoms with Crippen molar-refractivity contribution >= 4 is 28.5 Å². The molecule has 0 fully saturated rings. The van der Waals surface area contributed by atoms with E-state index in [0.29, 0.717) is 6.01 Å². The summed E-state index contributed by atoms with van der Waals surface area (Å²) in [5.41, 5.74) is 2.85. The number of anilines is 1. The molecule has 0 spiro atoms. The zero-order valence-corrected chi connectivity index (χ0v) is 13.5. The molecule has 4 nitrogen and oxygen atoms in total. The summed E-state index contributed by atoms with van der Waals surface area (Å²) < 4.78 is 5.69. The molecule has 21 heavy (non-hydrogen) atoms. The third-order valence-electron chi connectivity index (χ3n) is 3.29. The molecule has 1 N–H and O–H groups in total. The minimum atomic E-state index is 0.0687. The largest absolute Gasteiger partial charge is 0.424 e. The third-order valence-corrected chi connectivity index (χ3v) is 4.32. The summed E-state index contributed by atoms with van der Waals surface area (Å²) in [5.74, 6) is 0. The van der Waals surface area contributed by atoms with Crippen LogP contribution in [0, 0.1) is 0 Å². The maximum atomic E-state index is 5.69. The van der Waals surface area contributed by atoms with Crippen LogP contribution in [0.25, 0.3) is 11.1 Å². The lowest BCUT2D eigenvalue weighted by atomic mass is 9.93. The van der Waals surface area contributed by atoms with Gasteiger partial charge in [-0.25, -0.2) is 4.98 Å². The number of nitrogens with zero attached hydrogens (tertiary/aromatic N) is 2. The van der Waals surface area contributed by atoms with Gasteiger partial charge in [-0.1, -0.05) is 32.9 Å². The highest BCUT2D eigenvalue weighted by Gasteiger charge is 2.20. The van der Waals surface area contributed by atoms with Gasteiger partial charge in [0.05, 0.1) is 11.7 Å². The fourth-order valence-corrected chi connectivity index (χ4v) is 3.06. The first-order valence-electron chi connectivity index (χ1n) is 7.01. The number of hydrogen-bond donors (Lipinski definition) is 1. The first-order chi connectivity index (χ1) is 9.93. The molecule has 0 saturated heterocycles. The maximum absolute atomic E-state index is 5.69. The van der Waals surface area contributed by atoms with Crippen molar-refractivity contribution in [1.29, 1.82) is 0 Å². The van der Waals surface area contributed by atoms with Crippen LogP contribution in [0.3, 0.4) is 0 Å².